The highest BCUT2D eigenvalue weighted by molar-refractivity contribution is 14.0. The Morgan fingerprint density at radius 2 is 1.86 bits per heavy atom. The van der Waals surface area contributed by atoms with E-state index in [0.29, 0.717) is 31.5 Å². The summed E-state index contributed by atoms with van der Waals surface area (Å²) in [6.45, 7) is 13.6. The molecule has 0 saturated heterocycles. The molecular weight excluding hydrogens is 473 g/mol. The number of rotatable bonds is 8. The molecule has 8 nitrogen and oxygen atoms in total. The molecule has 0 radical (unpaired) electrons. The van der Waals surface area contributed by atoms with E-state index in [-0.39, 0.29) is 30.1 Å². The van der Waals surface area contributed by atoms with Crippen molar-refractivity contribution in [3.8, 4) is 5.88 Å². The summed E-state index contributed by atoms with van der Waals surface area (Å²) < 4.78 is 10.7. The number of nitrogens with zero attached hydrogens (tertiary/aromatic N) is 2. The Morgan fingerprint density at radius 1 is 1.18 bits per heavy atom. The van der Waals surface area contributed by atoms with Crippen LogP contribution in [0.5, 0.6) is 5.88 Å². The van der Waals surface area contributed by atoms with Gasteiger partial charge in [-0.25, -0.2) is 14.8 Å². The summed E-state index contributed by atoms with van der Waals surface area (Å²) in [5.74, 6) is 1.28. The lowest BCUT2D eigenvalue weighted by atomic mass is 10.2. The molecule has 1 aromatic rings. The fourth-order valence-electron chi connectivity index (χ4n) is 1.99. The number of hydrogen-bond acceptors (Lipinski definition) is 5. The molecule has 0 spiro atoms. The van der Waals surface area contributed by atoms with Crippen LogP contribution in [0, 0.1) is 0 Å². The van der Waals surface area contributed by atoms with Crippen LogP contribution >= 0.6 is 24.0 Å². The molecule has 1 heterocycles. The summed E-state index contributed by atoms with van der Waals surface area (Å²) in [5.41, 5.74) is 0.479. The fraction of sp³-hybridized carbons (Fsp3) is 0.632. The van der Waals surface area contributed by atoms with E-state index in [1.54, 1.807) is 6.20 Å². The lowest BCUT2D eigenvalue weighted by Gasteiger charge is -2.19. The van der Waals surface area contributed by atoms with Crippen LogP contribution in [0.1, 0.15) is 47.1 Å². The monoisotopic (exact) mass is 507 g/mol. The summed E-state index contributed by atoms with van der Waals surface area (Å²) in [6, 6.07) is 3.79. The second-order valence-corrected chi connectivity index (χ2v) is 7.22. The normalized spacial score (nSPS) is 11.5. The summed E-state index contributed by atoms with van der Waals surface area (Å²) in [7, 11) is 0. The topological polar surface area (TPSA) is 96.9 Å². The molecule has 0 saturated carbocycles. The number of hydrogen-bond donors (Lipinski definition) is 3. The van der Waals surface area contributed by atoms with Crippen LogP contribution in [-0.2, 0) is 11.3 Å². The van der Waals surface area contributed by atoms with Crippen molar-refractivity contribution >= 4 is 36.0 Å². The van der Waals surface area contributed by atoms with E-state index in [1.165, 1.54) is 0 Å². The average Bonchev–Trinajstić information content (AvgIpc) is 2.55. The zero-order valence-corrected chi connectivity index (χ0v) is 20.0. The predicted octanol–water partition coefficient (Wildman–Crippen LogP) is 3.07. The van der Waals surface area contributed by atoms with Gasteiger partial charge in [-0.2, -0.15) is 0 Å². The maximum atomic E-state index is 11.6. The van der Waals surface area contributed by atoms with E-state index >= 15 is 0 Å². The van der Waals surface area contributed by atoms with Crippen molar-refractivity contribution in [1.29, 1.82) is 0 Å². The first-order chi connectivity index (χ1) is 12.7. The second-order valence-electron chi connectivity index (χ2n) is 7.22. The van der Waals surface area contributed by atoms with Crippen LogP contribution in [0.3, 0.4) is 0 Å². The number of pyridine rings is 1. The van der Waals surface area contributed by atoms with Crippen molar-refractivity contribution < 1.29 is 14.3 Å². The minimum absolute atomic E-state index is 0. The van der Waals surface area contributed by atoms with Gasteiger partial charge in [0.15, 0.2) is 5.96 Å². The van der Waals surface area contributed by atoms with Crippen molar-refractivity contribution in [3.63, 3.8) is 0 Å². The Bertz CT molecular complexity index is 601. The van der Waals surface area contributed by atoms with Gasteiger partial charge in [0, 0.05) is 31.9 Å². The molecule has 0 aromatic carbocycles. The molecule has 0 aliphatic rings. The van der Waals surface area contributed by atoms with Gasteiger partial charge in [0.2, 0.25) is 5.88 Å². The lowest BCUT2D eigenvalue weighted by Crippen LogP contribution is -2.42. The maximum Gasteiger partial charge on any atom is 0.407 e. The minimum Gasteiger partial charge on any atom is -0.475 e. The van der Waals surface area contributed by atoms with Gasteiger partial charge < -0.3 is 25.4 Å². The van der Waals surface area contributed by atoms with Gasteiger partial charge in [-0.3, -0.25) is 0 Å². The minimum atomic E-state index is -0.502. The zero-order chi connectivity index (χ0) is 20.3. The number of aromatic nitrogens is 1. The predicted molar refractivity (Wildman–Crippen MR) is 122 cm³/mol. The van der Waals surface area contributed by atoms with E-state index in [1.807, 2.05) is 53.7 Å². The molecular formula is C19H34IN5O3. The number of amides is 1. The Kier molecular flexibility index (Phi) is 12.6. The van der Waals surface area contributed by atoms with Crippen molar-refractivity contribution in [3.05, 3.63) is 23.9 Å². The molecule has 0 aliphatic heterocycles. The SMILES string of the molecule is CCNC(=NCc1ccc(OC(C)C)nc1)NCCNC(=O)OC(C)(C)C.I. The first-order valence-electron chi connectivity index (χ1n) is 9.30. The van der Waals surface area contributed by atoms with E-state index in [0.717, 1.165) is 12.1 Å². The number of carbonyl (C=O) groups excluding carboxylic acids is 1. The summed E-state index contributed by atoms with van der Waals surface area (Å²) >= 11 is 0. The Morgan fingerprint density at radius 3 is 2.39 bits per heavy atom. The van der Waals surface area contributed by atoms with Crippen LogP contribution in [0.2, 0.25) is 0 Å². The molecule has 28 heavy (non-hydrogen) atoms. The van der Waals surface area contributed by atoms with Gasteiger partial charge >= 0.3 is 6.09 Å². The second kappa shape index (κ2) is 13.4. The van der Waals surface area contributed by atoms with Gasteiger partial charge in [-0.15, -0.1) is 24.0 Å². The molecule has 1 aromatic heterocycles. The largest absolute Gasteiger partial charge is 0.475 e. The van der Waals surface area contributed by atoms with E-state index in [2.05, 4.69) is 25.9 Å². The van der Waals surface area contributed by atoms with Gasteiger partial charge in [-0.05, 0) is 47.1 Å². The molecule has 9 heteroatoms. The first-order valence-corrected chi connectivity index (χ1v) is 9.30. The Hall–Kier alpha value is -1.78. The zero-order valence-electron chi connectivity index (χ0n) is 17.7. The summed E-state index contributed by atoms with van der Waals surface area (Å²) in [5, 5.41) is 9.04. The molecule has 0 unspecified atom stereocenters. The van der Waals surface area contributed by atoms with Gasteiger partial charge in [-0.1, -0.05) is 6.07 Å². The molecule has 0 aliphatic carbocycles. The van der Waals surface area contributed by atoms with Crippen LogP contribution in [0.25, 0.3) is 0 Å². The summed E-state index contributed by atoms with van der Waals surface area (Å²) in [6.07, 6.45) is 1.43. The number of carbonyl (C=O) groups is 1. The molecule has 0 fully saturated rings. The van der Waals surface area contributed by atoms with Gasteiger partial charge in [0.1, 0.15) is 5.60 Å². The van der Waals surface area contributed by atoms with Crippen molar-refractivity contribution in [2.75, 3.05) is 19.6 Å². The molecule has 1 rings (SSSR count). The number of guanidine groups is 1. The van der Waals surface area contributed by atoms with E-state index in [4.69, 9.17) is 9.47 Å². The van der Waals surface area contributed by atoms with Crippen LogP contribution in [-0.4, -0.2) is 48.4 Å². The molecule has 0 atom stereocenters. The van der Waals surface area contributed by atoms with Crippen molar-refractivity contribution in [2.24, 2.45) is 4.99 Å². The van der Waals surface area contributed by atoms with E-state index < -0.39 is 11.7 Å². The fourth-order valence-corrected chi connectivity index (χ4v) is 1.99. The quantitative estimate of drug-likeness (QED) is 0.217. The van der Waals surface area contributed by atoms with Crippen LogP contribution < -0.4 is 20.7 Å². The average molecular weight is 507 g/mol. The molecule has 160 valence electrons. The maximum absolute atomic E-state index is 11.6. The van der Waals surface area contributed by atoms with Crippen molar-refractivity contribution in [1.82, 2.24) is 20.9 Å². The lowest BCUT2D eigenvalue weighted by molar-refractivity contribution is 0.0529. The third-order valence-corrected chi connectivity index (χ3v) is 3.00. The standard InChI is InChI=1S/C19H33N5O3.HI/c1-7-20-17(21-10-11-22-18(25)27-19(4,5)6)24-13-15-8-9-16(23-12-15)26-14(2)3;/h8-9,12,14H,7,10-11,13H2,1-6H3,(H,22,25)(H2,20,21,24);1H. The number of nitrogens with one attached hydrogen (secondary N) is 3. The Labute approximate surface area is 185 Å². The highest BCUT2D eigenvalue weighted by Gasteiger charge is 2.15. The molecule has 3 N–H and O–H groups in total. The van der Waals surface area contributed by atoms with Crippen LogP contribution in [0.15, 0.2) is 23.3 Å². The summed E-state index contributed by atoms with van der Waals surface area (Å²) in [4.78, 5) is 20.4. The van der Waals surface area contributed by atoms with Crippen molar-refractivity contribution in [2.45, 2.75) is 59.8 Å². The van der Waals surface area contributed by atoms with Gasteiger partial charge in [0.05, 0.1) is 12.6 Å². The number of ether oxygens (including phenoxy) is 2. The number of halogens is 1. The smallest absolute Gasteiger partial charge is 0.407 e. The Balaban J connectivity index is 0.00000729. The van der Waals surface area contributed by atoms with Crippen LogP contribution in [0.4, 0.5) is 4.79 Å². The first kappa shape index (κ1) is 26.2. The highest BCUT2D eigenvalue weighted by Crippen LogP contribution is 2.10. The number of aliphatic imine (C=N–C) groups is 1. The number of alkyl carbamates (subject to hydrolysis) is 1. The third-order valence-electron chi connectivity index (χ3n) is 3.00. The third kappa shape index (κ3) is 12.6. The molecule has 1 amide bonds. The highest BCUT2D eigenvalue weighted by atomic mass is 127. The van der Waals surface area contributed by atoms with E-state index in [9.17, 15) is 4.79 Å². The molecule has 0 bridgehead atoms. The van der Waals surface area contributed by atoms with Gasteiger partial charge in [0.25, 0.3) is 0 Å².